The first kappa shape index (κ1) is 11.4. The van der Waals surface area contributed by atoms with Crippen LogP contribution in [0, 0.1) is 0 Å². The van der Waals surface area contributed by atoms with Gasteiger partial charge in [-0.05, 0) is 20.8 Å². The number of hydrogen-bond acceptors (Lipinski definition) is 3. The second-order valence-electron chi connectivity index (χ2n) is 3.25. The molecule has 0 aromatic rings. The average Bonchev–Trinajstić information content (AvgIpc) is 1.81. The second kappa shape index (κ2) is 4.44. The summed E-state index contributed by atoms with van der Waals surface area (Å²) in [6.45, 7) is 5.12. The van der Waals surface area contributed by atoms with Gasteiger partial charge in [0.1, 0.15) is 5.60 Å². The fourth-order valence-corrected chi connectivity index (χ4v) is 0.497. The normalized spacial score (nSPS) is 12.1. The monoisotopic (exact) mass is 187 g/mol. The summed E-state index contributed by atoms with van der Waals surface area (Å²) >= 11 is 0. The van der Waals surface area contributed by atoms with Crippen LogP contribution in [-0.2, 0) is 9.53 Å². The number of carbonyl (C=O) groups is 2. The molecular formula is C7H13N3O3. The molecule has 0 heterocycles. The molecule has 0 unspecified atom stereocenters. The van der Waals surface area contributed by atoms with E-state index in [2.05, 4.69) is 10.3 Å². The fraction of sp³-hybridized carbons (Fsp3) is 0.571. The third-order valence-corrected chi connectivity index (χ3v) is 0.821. The zero-order valence-electron chi connectivity index (χ0n) is 7.83. The van der Waals surface area contributed by atoms with Gasteiger partial charge in [0.2, 0.25) is 12.4 Å². The van der Waals surface area contributed by atoms with Gasteiger partial charge in [-0.3, -0.25) is 10.1 Å². The minimum Gasteiger partial charge on any atom is -0.444 e. The molecule has 0 spiro atoms. The Morgan fingerprint density at radius 1 is 1.54 bits per heavy atom. The lowest BCUT2D eigenvalue weighted by molar-refractivity contribution is -0.106. The van der Waals surface area contributed by atoms with Crippen molar-refractivity contribution < 1.29 is 14.3 Å². The number of rotatable bonds is 1. The van der Waals surface area contributed by atoms with Crippen molar-refractivity contribution in [3.63, 3.8) is 0 Å². The molecule has 0 aromatic heterocycles. The van der Waals surface area contributed by atoms with Crippen LogP contribution in [0.1, 0.15) is 20.8 Å². The summed E-state index contributed by atoms with van der Waals surface area (Å²) < 4.78 is 4.83. The molecule has 0 fully saturated rings. The molecule has 0 saturated heterocycles. The maximum Gasteiger partial charge on any atom is 0.414 e. The summed E-state index contributed by atoms with van der Waals surface area (Å²) in [4.78, 5) is 23.9. The van der Waals surface area contributed by atoms with E-state index >= 15 is 0 Å². The molecule has 0 aromatic carbocycles. The van der Waals surface area contributed by atoms with Gasteiger partial charge in [-0.2, -0.15) is 4.99 Å². The van der Waals surface area contributed by atoms with Crippen LogP contribution in [-0.4, -0.2) is 24.1 Å². The lowest BCUT2D eigenvalue weighted by Gasteiger charge is -2.19. The highest BCUT2D eigenvalue weighted by Crippen LogP contribution is 2.05. The van der Waals surface area contributed by atoms with Crippen LogP contribution in [0.4, 0.5) is 4.79 Å². The van der Waals surface area contributed by atoms with E-state index in [9.17, 15) is 9.59 Å². The minimum absolute atomic E-state index is 0.229. The van der Waals surface area contributed by atoms with Gasteiger partial charge in [-0.25, -0.2) is 4.79 Å². The van der Waals surface area contributed by atoms with E-state index in [1.165, 1.54) is 0 Å². The van der Waals surface area contributed by atoms with E-state index in [4.69, 9.17) is 10.5 Å². The van der Waals surface area contributed by atoms with E-state index in [1.807, 2.05) is 0 Å². The van der Waals surface area contributed by atoms with Gasteiger partial charge in [-0.1, -0.05) is 0 Å². The summed E-state index contributed by atoms with van der Waals surface area (Å²) in [6.07, 6.45) is -0.511. The van der Waals surface area contributed by atoms with E-state index in [0.717, 1.165) is 0 Å². The number of amides is 2. The lowest BCUT2D eigenvalue weighted by atomic mass is 10.2. The molecule has 0 radical (unpaired) electrons. The number of carbonyl (C=O) groups excluding carboxylic acids is 2. The van der Waals surface area contributed by atoms with Crippen molar-refractivity contribution in [2.75, 3.05) is 0 Å². The van der Waals surface area contributed by atoms with Crippen molar-refractivity contribution >= 4 is 18.5 Å². The van der Waals surface area contributed by atoms with E-state index in [1.54, 1.807) is 20.8 Å². The Bertz CT molecular complexity index is 230. The first-order valence-electron chi connectivity index (χ1n) is 3.62. The first-order valence-corrected chi connectivity index (χ1v) is 3.62. The first-order chi connectivity index (χ1) is 5.85. The van der Waals surface area contributed by atoms with Gasteiger partial charge in [0.15, 0.2) is 0 Å². The zero-order chi connectivity index (χ0) is 10.5. The SMILES string of the molecule is CC(C)(C)OC(=O)NC(N)=NC=O. The van der Waals surface area contributed by atoms with E-state index in [0.29, 0.717) is 0 Å². The largest absolute Gasteiger partial charge is 0.444 e. The Morgan fingerprint density at radius 2 is 2.08 bits per heavy atom. The molecule has 3 N–H and O–H groups in total. The molecule has 0 aliphatic heterocycles. The highest BCUT2D eigenvalue weighted by molar-refractivity contribution is 5.95. The van der Waals surface area contributed by atoms with Crippen molar-refractivity contribution in [3.05, 3.63) is 0 Å². The molecule has 74 valence electrons. The van der Waals surface area contributed by atoms with Crippen LogP contribution < -0.4 is 11.1 Å². The van der Waals surface area contributed by atoms with Crippen LogP contribution in [0.15, 0.2) is 4.99 Å². The summed E-state index contributed by atoms with van der Waals surface area (Å²) in [5, 5.41) is 2.07. The summed E-state index contributed by atoms with van der Waals surface area (Å²) in [6, 6.07) is 0. The number of nitrogens with one attached hydrogen (secondary N) is 1. The molecule has 0 atom stereocenters. The van der Waals surface area contributed by atoms with Gasteiger partial charge >= 0.3 is 6.09 Å². The number of guanidine groups is 1. The Balaban J connectivity index is 4.03. The van der Waals surface area contributed by atoms with Crippen LogP contribution in [0.5, 0.6) is 0 Å². The maximum atomic E-state index is 10.9. The smallest absolute Gasteiger partial charge is 0.414 e. The number of nitrogens with zero attached hydrogens (tertiary/aromatic N) is 1. The van der Waals surface area contributed by atoms with Gasteiger partial charge < -0.3 is 10.5 Å². The molecule has 13 heavy (non-hydrogen) atoms. The van der Waals surface area contributed by atoms with Crippen molar-refractivity contribution in [1.82, 2.24) is 5.32 Å². The highest BCUT2D eigenvalue weighted by Gasteiger charge is 2.16. The molecule has 0 aliphatic carbocycles. The van der Waals surface area contributed by atoms with Crippen molar-refractivity contribution in [2.24, 2.45) is 10.7 Å². The molecule has 2 amide bonds. The van der Waals surface area contributed by atoms with Gasteiger partial charge in [-0.15, -0.1) is 0 Å². The molecule has 0 saturated carbocycles. The van der Waals surface area contributed by atoms with Gasteiger partial charge in [0, 0.05) is 0 Å². The Labute approximate surface area is 76.2 Å². The number of nitrogens with two attached hydrogens (primary N) is 1. The molecular weight excluding hydrogens is 174 g/mol. The van der Waals surface area contributed by atoms with Crippen molar-refractivity contribution in [1.29, 1.82) is 0 Å². The average molecular weight is 187 g/mol. The third kappa shape index (κ3) is 6.79. The standard InChI is InChI=1S/C7H13N3O3/c1-7(2,3)13-6(12)10-5(8)9-4-11/h4H,1-3H3,(H3,8,9,10,11,12). The highest BCUT2D eigenvalue weighted by atomic mass is 16.6. The van der Waals surface area contributed by atoms with Crippen LogP contribution in [0.2, 0.25) is 0 Å². The molecule has 0 aliphatic rings. The van der Waals surface area contributed by atoms with Crippen molar-refractivity contribution in [3.8, 4) is 0 Å². The number of alkyl carbamates (subject to hydrolysis) is 1. The fourth-order valence-electron chi connectivity index (χ4n) is 0.497. The maximum absolute atomic E-state index is 10.9. The predicted octanol–water partition coefficient (Wildman–Crippen LogP) is -0.0178. The second-order valence-corrected chi connectivity index (χ2v) is 3.25. The number of ether oxygens (including phenoxy) is 1. The van der Waals surface area contributed by atoms with Gasteiger partial charge in [0.05, 0.1) is 0 Å². The predicted molar refractivity (Wildman–Crippen MR) is 47.1 cm³/mol. The molecule has 6 nitrogen and oxygen atoms in total. The summed E-state index contributed by atoms with van der Waals surface area (Å²) in [7, 11) is 0. The van der Waals surface area contributed by atoms with E-state index < -0.39 is 11.7 Å². The Morgan fingerprint density at radius 3 is 2.46 bits per heavy atom. The Hall–Kier alpha value is -1.59. The third-order valence-electron chi connectivity index (χ3n) is 0.821. The quantitative estimate of drug-likeness (QED) is 0.342. The molecule has 6 heteroatoms. The number of aliphatic imine (C=N–C) groups is 1. The van der Waals surface area contributed by atoms with Crippen LogP contribution in [0.3, 0.4) is 0 Å². The topological polar surface area (TPSA) is 93.8 Å². The number of hydrogen-bond donors (Lipinski definition) is 2. The lowest BCUT2D eigenvalue weighted by Crippen LogP contribution is -2.40. The van der Waals surface area contributed by atoms with E-state index in [-0.39, 0.29) is 12.4 Å². The van der Waals surface area contributed by atoms with Crippen molar-refractivity contribution in [2.45, 2.75) is 26.4 Å². The Kier molecular flexibility index (Phi) is 3.90. The molecule has 0 bridgehead atoms. The summed E-state index contributed by atoms with van der Waals surface area (Å²) in [5.74, 6) is -0.288. The van der Waals surface area contributed by atoms with Crippen LogP contribution in [0.25, 0.3) is 0 Å². The van der Waals surface area contributed by atoms with Crippen LogP contribution >= 0.6 is 0 Å². The summed E-state index contributed by atoms with van der Waals surface area (Å²) in [5.41, 5.74) is 4.51. The van der Waals surface area contributed by atoms with Gasteiger partial charge in [0.25, 0.3) is 0 Å². The minimum atomic E-state index is -0.740. The zero-order valence-corrected chi connectivity index (χ0v) is 7.83. The molecule has 0 rings (SSSR count).